The summed E-state index contributed by atoms with van der Waals surface area (Å²) in [5.41, 5.74) is 3.98. The quantitative estimate of drug-likeness (QED) is 0.849. The summed E-state index contributed by atoms with van der Waals surface area (Å²) in [6.45, 7) is 3.06. The number of hydrogen-bond acceptors (Lipinski definition) is 2. The van der Waals surface area contributed by atoms with Gasteiger partial charge >= 0.3 is 0 Å². The molecule has 4 rings (SSSR count). The van der Waals surface area contributed by atoms with Gasteiger partial charge in [-0.15, -0.1) is 0 Å². The van der Waals surface area contributed by atoms with E-state index in [2.05, 4.69) is 47.1 Å². The van der Waals surface area contributed by atoms with Crippen LogP contribution in [-0.4, -0.2) is 22.3 Å². The third kappa shape index (κ3) is 2.72. The molecule has 2 aliphatic rings. The molecule has 1 amide bonds. The Morgan fingerprint density at radius 2 is 2.12 bits per heavy atom. The highest BCUT2D eigenvalue weighted by Crippen LogP contribution is 2.49. The third-order valence-corrected chi connectivity index (χ3v) is 5.48. The maximum absolute atomic E-state index is 13.1. The second kappa shape index (κ2) is 6.39. The number of fused-ring (bicyclic) bond motifs is 1. The summed E-state index contributed by atoms with van der Waals surface area (Å²) in [5.74, 6) is 0.862. The lowest BCUT2D eigenvalue weighted by molar-refractivity contribution is -0.135. The van der Waals surface area contributed by atoms with Crippen molar-refractivity contribution < 1.29 is 4.79 Å². The van der Waals surface area contributed by atoms with Crippen LogP contribution in [0.4, 0.5) is 0 Å². The molecule has 1 aromatic carbocycles. The van der Waals surface area contributed by atoms with Crippen LogP contribution in [0.25, 0.3) is 0 Å². The fourth-order valence-electron chi connectivity index (χ4n) is 4.14. The van der Waals surface area contributed by atoms with Crippen LogP contribution >= 0.6 is 0 Å². The summed E-state index contributed by atoms with van der Waals surface area (Å²) < 4.78 is 0. The molecule has 3 unspecified atom stereocenters. The minimum Gasteiger partial charge on any atom is -0.335 e. The molecule has 0 radical (unpaired) electrons. The van der Waals surface area contributed by atoms with E-state index >= 15 is 0 Å². The Balaban J connectivity index is 1.54. The number of aromatic nitrogens is 1. The molecule has 3 nitrogen and oxygen atoms in total. The topological polar surface area (TPSA) is 33.2 Å². The standard InChI is InChI=1S/C21H24N2O/c1-2-6-20-17-9-4-3-7-15(17)10-12-23(20)21(24)19-13-18(19)16-8-5-11-22-14-16/h3-5,7-9,11,14,18-20H,2,6,10,12-13H2,1H3. The van der Waals surface area contributed by atoms with Gasteiger partial charge in [0, 0.05) is 24.9 Å². The molecule has 2 heterocycles. The highest BCUT2D eigenvalue weighted by molar-refractivity contribution is 5.83. The van der Waals surface area contributed by atoms with E-state index < -0.39 is 0 Å². The number of amides is 1. The van der Waals surface area contributed by atoms with E-state index in [1.165, 1.54) is 16.7 Å². The van der Waals surface area contributed by atoms with Crippen LogP contribution in [0, 0.1) is 5.92 Å². The second-order valence-corrected chi connectivity index (χ2v) is 7.02. The van der Waals surface area contributed by atoms with E-state index in [-0.39, 0.29) is 12.0 Å². The van der Waals surface area contributed by atoms with E-state index in [0.29, 0.717) is 11.8 Å². The van der Waals surface area contributed by atoms with Crippen molar-refractivity contribution in [2.75, 3.05) is 6.54 Å². The predicted octanol–water partition coefficient (Wildman–Crippen LogP) is 4.11. The Hall–Kier alpha value is -2.16. The van der Waals surface area contributed by atoms with Crippen LogP contribution in [0.1, 0.15) is 54.8 Å². The fourth-order valence-corrected chi connectivity index (χ4v) is 4.14. The molecule has 3 atom stereocenters. The molecule has 1 aliphatic carbocycles. The van der Waals surface area contributed by atoms with Crippen molar-refractivity contribution in [1.29, 1.82) is 0 Å². The van der Waals surface area contributed by atoms with Gasteiger partial charge in [-0.2, -0.15) is 0 Å². The highest BCUT2D eigenvalue weighted by atomic mass is 16.2. The SMILES string of the molecule is CCCC1c2ccccc2CCN1C(=O)C1CC1c1cccnc1. The summed E-state index contributed by atoms with van der Waals surface area (Å²) in [6, 6.07) is 13.0. The largest absolute Gasteiger partial charge is 0.335 e. The summed E-state index contributed by atoms with van der Waals surface area (Å²) in [6.07, 6.45) is 7.80. The Morgan fingerprint density at radius 3 is 2.92 bits per heavy atom. The van der Waals surface area contributed by atoms with E-state index in [1.54, 1.807) is 6.20 Å². The number of hydrogen-bond donors (Lipinski definition) is 0. The van der Waals surface area contributed by atoms with E-state index in [1.807, 2.05) is 12.3 Å². The molecular formula is C21H24N2O. The number of rotatable bonds is 4. The Bertz CT molecular complexity index is 728. The smallest absolute Gasteiger partial charge is 0.226 e. The van der Waals surface area contributed by atoms with Gasteiger partial charge in [0.15, 0.2) is 0 Å². The zero-order chi connectivity index (χ0) is 16.5. The van der Waals surface area contributed by atoms with Gasteiger partial charge in [0.2, 0.25) is 5.91 Å². The van der Waals surface area contributed by atoms with Gasteiger partial charge in [-0.1, -0.05) is 43.7 Å². The summed E-state index contributed by atoms with van der Waals surface area (Å²) in [5, 5.41) is 0. The molecule has 2 aromatic rings. The first kappa shape index (κ1) is 15.4. The predicted molar refractivity (Wildman–Crippen MR) is 94.6 cm³/mol. The van der Waals surface area contributed by atoms with Crippen LogP contribution in [0.3, 0.4) is 0 Å². The van der Waals surface area contributed by atoms with E-state index in [9.17, 15) is 4.79 Å². The lowest BCUT2D eigenvalue weighted by Gasteiger charge is -2.37. The molecular weight excluding hydrogens is 296 g/mol. The third-order valence-electron chi connectivity index (χ3n) is 5.48. The molecule has 0 bridgehead atoms. The monoisotopic (exact) mass is 320 g/mol. The molecule has 0 N–H and O–H groups in total. The first-order valence-electron chi connectivity index (χ1n) is 9.07. The van der Waals surface area contributed by atoms with Gasteiger partial charge in [-0.3, -0.25) is 9.78 Å². The summed E-state index contributed by atoms with van der Waals surface area (Å²) in [4.78, 5) is 19.5. The number of carbonyl (C=O) groups is 1. The number of pyridine rings is 1. The van der Waals surface area contributed by atoms with Gasteiger partial charge < -0.3 is 4.90 Å². The first-order chi connectivity index (χ1) is 11.8. The zero-order valence-electron chi connectivity index (χ0n) is 14.2. The number of benzene rings is 1. The van der Waals surface area contributed by atoms with Gasteiger partial charge in [-0.25, -0.2) is 0 Å². The van der Waals surface area contributed by atoms with Crippen LogP contribution in [0.5, 0.6) is 0 Å². The van der Waals surface area contributed by atoms with Gasteiger partial charge in [-0.05, 0) is 47.9 Å². The second-order valence-electron chi connectivity index (χ2n) is 7.02. The molecule has 3 heteroatoms. The summed E-state index contributed by atoms with van der Waals surface area (Å²) >= 11 is 0. The average Bonchev–Trinajstić information content (AvgIpc) is 3.43. The average molecular weight is 320 g/mol. The van der Waals surface area contributed by atoms with Crippen molar-refractivity contribution in [3.63, 3.8) is 0 Å². The maximum Gasteiger partial charge on any atom is 0.226 e. The lowest BCUT2D eigenvalue weighted by atomic mass is 9.89. The molecule has 1 fully saturated rings. The van der Waals surface area contributed by atoms with Gasteiger partial charge in [0.25, 0.3) is 0 Å². The first-order valence-corrected chi connectivity index (χ1v) is 9.07. The van der Waals surface area contributed by atoms with Crippen LogP contribution in [-0.2, 0) is 11.2 Å². The molecule has 0 saturated heterocycles. The number of nitrogens with zero attached hydrogens (tertiary/aromatic N) is 2. The normalized spacial score (nSPS) is 25.2. The van der Waals surface area contributed by atoms with Gasteiger partial charge in [0.05, 0.1) is 6.04 Å². The van der Waals surface area contributed by atoms with E-state index in [0.717, 1.165) is 32.2 Å². The lowest BCUT2D eigenvalue weighted by Crippen LogP contribution is -2.41. The Morgan fingerprint density at radius 1 is 1.25 bits per heavy atom. The van der Waals surface area contributed by atoms with E-state index in [4.69, 9.17) is 0 Å². The maximum atomic E-state index is 13.1. The highest BCUT2D eigenvalue weighted by Gasteiger charge is 2.47. The van der Waals surface area contributed by atoms with Gasteiger partial charge in [0.1, 0.15) is 0 Å². The Labute approximate surface area is 143 Å². The van der Waals surface area contributed by atoms with Crippen molar-refractivity contribution in [3.8, 4) is 0 Å². The minimum atomic E-state index is 0.152. The zero-order valence-corrected chi connectivity index (χ0v) is 14.2. The summed E-state index contributed by atoms with van der Waals surface area (Å²) in [7, 11) is 0. The molecule has 124 valence electrons. The molecule has 24 heavy (non-hydrogen) atoms. The molecule has 1 aliphatic heterocycles. The fraction of sp³-hybridized carbons (Fsp3) is 0.429. The van der Waals surface area contributed by atoms with Crippen molar-refractivity contribution in [3.05, 3.63) is 65.5 Å². The molecule has 1 aromatic heterocycles. The van der Waals surface area contributed by atoms with Crippen molar-refractivity contribution >= 4 is 5.91 Å². The van der Waals surface area contributed by atoms with Crippen molar-refractivity contribution in [2.24, 2.45) is 5.92 Å². The van der Waals surface area contributed by atoms with Crippen LogP contribution in [0.2, 0.25) is 0 Å². The van der Waals surface area contributed by atoms with Crippen LogP contribution in [0.15, 0.2) is 48.8 Å². The van der Waals surface area contributed by atoms with Crippen molar-refractivity contribution in [1.82, 2.24) is 9.88 Å². The van der Waals surface area contributed by atoms with Crippen LogP contribution < -0.4 is 0 Å². The number of carbonyl (C=O) groups excluding carboxylic acids is 1. The Kier molecular flexibility index (Phi) is 4.09. The van der Waals surface area contributed by atoms with Crippen molar-refractivity contribution in [2.45, 2.75) is 44.6 Å². The molecule has 0 spiro atoms. The molecule has 1 saturated carbocycles. The minimum absolute atomic E-state index is 0.152.